The van der Waals surface area contributed by atoms with Crippen LogP contribution in [0.2, 0.25) is 10.0 Å². The Labute approximate surface area is 263 Å². The van der Waals surface area contributed by atoms with Crippen LogP contribution in [0.1, 0.15) is 63.7 Å². The van der Waals surface area contributed by atoms with Crippen molar-refractivity contribution in [3.63, 3.8) is 0 Å². The van der Waals surface area contributed by atoms with Crippen LogP contribution in [-0.2, 0) is 27.4 Å². The van der Waals surface area contributed by atoms with Crippen molar-refractivity contribution in [3.8, 4) is 0 Å². The number of carboxylic acids is 1. The van der Waals surface area contributed by atoms with Crippen molar-refractivity contribution in [2.75, 3.05) is 12.8 Å². The van der Waals surface area contributed by atoms with E-state index in [4.69, 9.17) is 23.2 Å². The predicted octanol–water partition coefficient (Wildman–Crippen LogP) is 6.23. The number of halogens is 7. The maximum atomic E-state index is 14.5. The standard InChI is InChI=1S/C28H24Cl2F5N3O6S/c1-45(43,44)19-9-21(29)24(22(30)10-19)23(39)13-37(12-14-6-16(31)8-17(32)7-14)26(40)20-11-36-38(25(20)28(33,34)35)18-4-2-15(3-5-18)27(41)42/h6-11,15,18H,2-5,12-13H2,1H3,(H,41,42)/t15-,18-. The van der Waals surface area contributed by atoms with E-state index in [-0.39, 0.29) is 36.1 Å². The molecule has 0 atom stereocenters. The van der Waals surface area contributed by atoms with E-state index in [0.29, 0.717) is 21.8 Å². The molecule has 4 rings (SSSR count). The number of benzene rings is 2. The number of carbonyl (C=O) groups excluding carboxylic acids is 2. The number of carbonyl (C=O) groups is 3. The van der Waals surface area contributed by atoms with E-state index < -0.39 is 97.2 Å². The van der Waals surface area contributed by atoms with Gasteiger partial charge in [0, 0.05) is 18.9 Å². The van der Waals surface area contributed by atoms with Gasteiger partial charge in [-0.2, -0.15) is 18.3 Å². The number of hydrogen-bond acceptors (Lipinski definition) is 6. The van der Waals surface area contributed by atoms with Crippen LogP contribution < -0.4 is 0 Å². The van der Waals surface area contributed by atoms with Gasteiger partial charge in [0.2, 0.25) is 0 Å². The average molecular weight is 696 g/mol. The van der Waals surface area contributed by atoms with Crippen molar-refractivity contribution in [3.05, 3.63) is 80.6 Å². The van der Waals surface area contributed by atoms with Crippen LogP contribution in [0.4, 0.5) is 22.0 Å². The van der Waals surface area contributed by atoms with Crippen LogP contribution in [0.25, 0.3) is 0 Å². The van der Waals surface area contributed by atoms with Crippen LogP contribution in [0.3, 0.4) is 0 Å². The van der Waals surface area contributed by atoms with Gasteiger partial charge in [-0.3, -0.25) is 19.1 Å². The molecule has 17 heteroatoms. The molecule has 2 aromatic carbocycles. The number of nitrogens with zero attached hydrogens (tertiary/aromatic N) is 3. The third kappa shape index (κ3) is 7.82. The molecule has 0 radical (unpaired) electrons. The molecule has 0 spiro atoms. The van der Waals surface area contributed by atoms with Crippen molar-refractivity contribution >= 4 is 50.7 Å². The van der Waals surface area contributed by atoms with Crippen LogP contribution in [0.15, 0.2) is 41.4 Å². The molecule has 1 amide bonds. The first kappa shape index (κ1) is 34.3. The zero-order valence-corrected chi connectivity index (χ0v) is 25.6. The van der Waals surface area contributed by atoms with Gasteiger partial charge in [-0.05, 0) is 55.5 Å². The second kappa shape index (κ2) is 13.0. The molecule has 1 heterocycles. The van der Waals surface area contributed by atoms with Crippen molar-refractivity contribution in [2.24, 2.45) is 5.92 Å². The van der Waals surface area contributed by atoms with E-state index in [2.05, 4.69) is 5.10 Å². The lowest BCUT2D eigenvalue weighted by atomic mass is 9.86. The van der Waals surface area contributed by atoms with Crippen molar-refractivity contribution < 1.29 is 49.9 Å². The Kier molecular flexibility index (Phi) is 9.95. The summed E-state index contributed by atoms with van der Waals surface area (Å²) in [6, 6.07) is 3.18. The zero-order chi connectivity index (χ0) is 33.4. The van der Waals surface area contributed by atoms with Gasteiger partial charge in [-0.1, -0.05) is 23.2 Å². The Bertz CT molecular complexity index is 1730. The van der Waals surface area contributed by atoms with E-state index in [9.17, 15) is 49.9 Å². The number of carboxylic acid groups (broad SMARTS) is 1. The van der Waals surface area contributed by atoms with Gasteiger partial charge in [-0.25, -0.2) is 17.2 Å². The van der Waals surface area contributed by atoms with Crippen molar-refractivity contribution in [1.29, 1.82) is 0 Å². The molecule has 1 fully saturated rings. The molecule has 45 heavy (non-hydrogen) atoms. The minimum absolute atomic E-state index is 0.0423. The number of sulfone groups is 1. The van der Waals surface area contributed by atoms with E-state index in [1.807, 2.05) is 0 Å². The van der Waals surface area contributed by atoms with E-state index in [1.54, 1.807) is 0 Å². The summed E-state index contributed by atoms with van der Waals surface area (Å²) in [6.07, 6.45) is -3.33. The summed E-state index contributed by atoms with van der Waals surface area (Å²) in [5.41, 5.74) is -3.04. The van der Waals surface area contributed by atoms with Gasteiger partial charge in [0.05, 0.1) is 50.8 Å². The number of aliphatic carboxylic acids is 1. The summed E-state index contributed by atoms with van der Waals surface area (Å²) in [6.45, 7) is -1.72. The molecular weight excluding hydrogens is 672 g/mol. The van der Waals surface area contributed by atoms with Gasteiger partial charge in [0.25, 0.3) is 5.91 Å². The largest absolute Gasteiger partial charge is 0.481 e. The maximum Gasteiger partial charge on any atom is 0.433 e. The quantitative estimate of drug-likeness (QED) is 0.208. The molecule has 0 bridgehead atoms. The first-order chi connectivity index (χ1) is 20.9. The Morgan fingerprint density at radius 3 is 2.04 bits per heavy atom. The van der Waals surface area contributed by atoms with Crippen LogP contribution in [-0.4, -0.2) is 58.7 Å². The summed E-state index contributed by atoms with van der Waals surface area (Å²) in [5.74, 6) is -6.28. The van der Waals surface area contributed by atoms with Crippen molar-refractivity contribution in [1.82, 2.24) is 14.7 Å². The monoisotopic (exact) mass is 695 g/mol. The Balaban J connectivity index is 1.75. The van der Waals surface area contributed by atoms with Gasteiger partial charge in [0.15, 0.2) is 21.3 Å². The molecule has 1 aliphatic carbocycles. The minimum atomic E-state index is -5.13. The first-order valence-electron chi connectivity index (χ1n) is 13.2. The molecule has 0 aliphatic heterocycles. The summed E-state index contributed by atoms with van der Waals surface area (Å²) in [4.78, 5) is 38.7. The summed E-state index contributed by atoms with van der Waals surface area (Å²) < 4.78 is 95.8. The molecule has 1 aliphatic rings. The zero-order valence-electron chi connectivity index (χ0n) is 23.2. The topological polar surface area (TPSA) is 127 Å². The Morgan fingerprint density at radius 1 is 1.00 bits per heavy atom. The molecule has 0 unspecified atom stereocenters. The van der Waals surface area contributed by atoms with Gasteiger partial charge >= 0.3 is 12.1 Å². The third-order valence-corrected chi connectivity index (χ3v) is 9.01. The highest BCUT2D eigenvalue weighted by molar-refractivity contribution is 7.90. The molecule has 1 N–H and O–H groups in total. The van der Waals surface area contributed by atoms with Crippen LogP contribution >= 0.6 is 23.2 Å². The second-order valence-electron chi connectivity index (χ2n) is 10.6. The van der Waals surface area contributed by atoms with E-state index in [0.717, 1.165) is 30.5 Å². The fourth-order valence-corrected chi connectivity index (χ4v) is 6.71. The molecule has 3 aromatic rings. The predicted molar refractivity (Wildman–Crippen MR) is 151 cm³/mol. The molecule has 1 saturated carbocycles. The number of aromatic nitrogens is 2. The lowest BCUT2D eigenvalue weighted by molar-refractivity contribution is -0.147. The lowest BCUT2D eigenvalue weighted by Gasteiger charge is -2.28. The summed E-state index contributed by atoms with van der Waals surface area (Å²) in [7, 11) is -3.81. The molecule has 242 valence electrons. The number of alkyl halides is 3. The third-order valence-electron chi connectivity index (χ3n) is 7.33. The maximum absolute atomic E-state index is 14.5. The fourth-order valence-electron chi connectivity index (χ4n) is 5.22. The number of rotatable bonds is 9. The van der Waals surface area contributed by atoms with Crippen molar-refractivity contribution in [2.45, 2.75) is 49.3 Å². The van der Waals surface area contributed by atoms with Crippen LogP contribution in [0.5, 0.6) is 0 Å². The highest BCUT2D eigenvalue weighted by Crippen LogP contribution is 2.39. The molecule has 1 aromatic heterocycles. The SMILES string of the molecule is CS(=O)(=O)c1cc(Cl)c(C(=O)CN(Cc2cc(F)cc(F)c2)C(=O)c2cnn([C@H]3CC[C@H](C(=O)O)CC3)c2C(F)(F)F)c(Cl)c1. The summed E-state index contributed by atoms with van der Waals surface area (Å²) >= 11 is 12.3. The lowest BCUT2D eigenvalue weighted by Crippen LogP contribution is -2.37. The van der Waals surface area contributed by atoms with Gasteiger partial charge in [0.1, 0.15) is 11.6 Å². The van der Waals surface area contributed by atoms with E-state index in [1.165, 1.54) is 0 Å². The van der Waals surface area contributed by atoms with Crippen LogP contribution in [0, 0.1) is 17.6 Å². The van der Waals surface area contributed by atoms with Gasteiger partial charge in [-0.15, -0.1) is 0 Å². The Morgan fingerprint density at radius 2 is 1.56 bits per heavy atom. The highest BCUT2D eigenvalue weighted by atomic mass is 35.5. The smallest absolute Gasteiger partial charge is 0.433 e. The first-order valence-corrected chi connectivity index (χ1v) is 15.9. The molecule has 9 nitrogen and oxygen atoms in total. The van der Waals surface area contributed by atoms with Gasteiger partial charge < -0.3 is 10.0 Å². The summed E-state index contributed by atoms with van der Waals surface area (Å²) in [5, 5.41) is 12.2. The minimum Gasteiger partial charge on any atom is -0.481 e. The second-order valence-corrected chi connectivity index (χ2v) is 13.4. The fraction of sp³-hybridized carbons (Fsp3) is 0.357. The number of amides is 1. The number of ketones is 1. The molecule has 0 saturated heterocycles. The molecular formula is C28H24Cl2F5N3O6S. The normalized spacial score (nSPS) is 17.2. The number of Topliss-reactive ketones (excluding diaryl/α,β-unsaturated/α-hetero) is 1. The average Bonchev–Trinajstić information content (AvgIpc) is 3.37. The number of hydrogen-bond donors (Lipinski definition) is 1. The van der Waals surface area contributed by atoms with E-state index >= 15 is 0 Å². The Hall–Kier alpha value is -3.56. The highest BCUT2D eigenvalue weighted by Gasteiger charge is 2.43.